The van der Waals surface area contributed by atoms with Crippen molar-refractivity contribution >= 4 is 29.2 Å². The molecule has 15 heavy (non-hydrogen) atoms. The highest BCUT2D eigenvalue weighted by molar-refractivity contribution is 7.98. The minimum atomic E-state index is 0.434. The Morgan fingerprint density at radius 1 is 1.67 bits per heavy atom. The van der Waals surface area contributed by atoms with Crippen molar-refractivity contribution < 1.29 is 0 Å². The summed E-state index contributed by atoms with van der Waals surface area (Å²) in [4.78, 5) is 6.13. The van der Waals surface area contributed by atoms with E-state index in [0.717, 1.165) is 12.3 Å². The molecule has 0 spiro atoms. The van der Waals surface area contributed by atoms with Crippen molar-refractivity contribution in [3.05, 3.63) is 22.8 Å². The van der Waals surface area contributed by atoms with Gasteiger partial charge in [0.25, 0.3) is 0 Å². The molecule has 0 atom stereocenters. The highest BCUT2D eigenvalue weighted by Gasteiger charge is 2.10. The van der Waals surface area contributed by atoms with E-state index in [1.807, 2.05) is 18.0 Å². The van der Waals surface area contributed by atoms with Crippen molar-refractivity contribution in [3.8, 4) is 6.07 Å². The number of hydrogen-bond donors (Lipinski definition) is 0. The Hall–Kier alpha value is -0.920. The molecule has 80 valence electrons. The Balaban J connectivity index is 2.90. The lowest BCUT2D eigenvalue weighted by Gasteiger charge is -2.18. The molecular formula is C10H12ClN3S. The molecular weight excluding hydrogens is 230 g/mol. The molecule has 1 heterocycles. The SMILES string of the molecule is CSCCN(C)c1nccc(C#N)c1Cl. The third kappa shape index (κ3) is 3.01. The molecule has 0 bridgehead atoms. The van der Waals surface area contributed by atoms with Gasteiger partial charge in [-0.05, 0) is 12.3 Å². The molecule has 0 saturated carbocycles. The molecule has 1 aromatic rings. The highest BCUT2D eigenvalue weighted by Crippen LogP contribution is 2.25. The van der Waals surface area contributed by atoms with Crippen LogP contribution in [-0.4, -0.2) is 30.6 Å². The van der Waals surface area contributed by atoms with E-state index in [4.69, 9.17) is 16.9 Å². The van der Waals surface area contributed by atoms with Crippen molar-refractivity contribution in [3.63, 3.8) is 0 Å². The third-order valence-corrected chi connectivity index (χ3v) is 2.95. The van der Waals surface area contributed by atoms with E-state index in [1.165, 1.54) is 0 Å². The topological polar surface area (TPSA) is 39.9 Å². The Labute approximate surface area is 99.1 Å². The lowest BCUT2D eigenvalue weighted by atomic mass is 10.3. The first-order valence-corrected chi connectivity index (χ1v) is 6.22. The van der Waals surface area contributed by atoms with Gasteiger partial charge in [0.05, 0.1) is 5.56 Å². The first-order valence-electron chi connectivity index (χ1n) is 4.45. The van der Waals surface area contributed by atoms with Gasteiger partial charge >= 0.3 is 0 Å². The largest absolute Gasteiger partial charge is 0.358 e. The third-order valence-electron chi connectivity index (χ3n) is 1.98. The molecule has 0 aliphatic heterocycles. The lowest BCUT2D eigenvalue weighted by molar-refractivity contribution is 0.946. The van der Waals surface area contributed by atoms with Crippen LogP contribution in [0.5, 0.6) is 0 Å². The monoisotopic (exact) mass is 241 g/mol. The zero-order valence-electron chi connectivity index (χ0n) is 8.70. The average Bonchev–Trinajstić information content (AvgIpc) is 2.26. The Bertz CT molecular complexity index is 375. The van der Waals surface area contributed by atoms with E-state index in [9.17, 15) is 0 Å². The second kappa shape index (κ2) is 5.84. The van der Waals surface area contributed by atoms with Gasteiger partial charge in [0, 0.05) is 25.5 Å². The molecule has 1 aromatic heterocycles. The molecule has 0 fully saturated rings. The number of rotatable bonds is 4. The fourth-order valence-corrected chi connectivity index (χ4v) is 1.87. The quantitative estimate of drug-likeness (QED) is 0.812. The number of halogens is 1. The van der Waals surface area contributed by atoms with Gasteiger partial charge in [0.15, 0.2) is 0 Å². The molecule has 0 aliphatic rings. The smallest absolute Gasteiger partial charge is 0.148 e. The van der Waals surface area contributed by atoms with Crippen molar-refractivity contribution in [2.75, 3.05) is 30.5 Å². The van der Waals surface area contributed by atoms with Gasteiger partial charge in [-0.2, -0.15) is 17.0 Å². The molecule has 1 rings (SSSR count). The highest BCUT2D eigenvalue weighted by atomic mass is 35.5. The van der Waals surface area contributed by atoms with E-state index in [2.05, 4.69) is 11.2 Å². The van der Waals surface area contributed by atoms with E-state index in [-0.39, 0.29) is 0 Å². The number of anilines is 1. The number of nitriles is 1. The molecule has 0 unspecified atom stereocenters. The predicted molar refractivity (Wildman–Crippen MR) is 65.6 cm³/mol. The normalized spacial score (nSPS) is 9.73. The summed E-state index contributed by atoms with van der Waals surface area (Å²) < 4.78 is 0. The summed E-state index contributed by atoms with van der Waals surface area (Å²) in [5.41, 5.74) is 0.470. The molecule has 0 saturated heterocycles. The molecule has 0 aliphatic carbocycles. The average molecular weight is 242 g/mol. The zero-order chi connectivity index (χ0) is 11.3. The van der Waals surface area contributed by atoms with E-state index in [0.29, 0.717) is 16.4 Å². The molecule has 3 nitrogen and oxygen atoms in total. The molecule has 5 heteroatoms. The Kier molecular flexibility index (Phi) is 4.73. The first-order chi connectivity index (χ1) is 7.20. The maximum atomic E-state index is 8.82. The fraction of sp³-hybridized carbons (Fsp3) is 0.400. The van der Waals surface area contributed by atoms with Crippen LogP contribution in [0.2, 0.25) is 5.02 Å². The maximum Gasteiger partial charge on any atom is 0.148 e. The molecule has 0 radical (unpaired) electrons. The minimum absolute atomic E-state index is 0.434. The van der Waals surface area contributed by atoms with E-state index >= 15 is 0 Å². The summed E-state index contributed by atoms with van der Waals surface area (Å²) in [7, 11) is 1.92. The number of pyridine rings is 1. The van der Waals surface area contributed by atoms with Crippen LogP contribution in [0.4, 0.5) is 5.82 Å². The van der Waals surface area contributed by atoms with Crippen LogP contribution in [0.15, 0.2) is 12.3 Å². The van der Waals surface area contributed by atoms with Gasteiger partial charge in [-0.1, -0.05) is 11.6 Å². The van der Waals surface area contributed by atoms with Gasteiger partial charge in [0.2, 0.25) is 0 Å². The summed E-state index contributed by atoms with van der Waals surface area (Å²) in [6, 6.07) is 3.66. The number of thioether (sulfide) groups is 1. The van der Waals surface area contributed by atoms with Crippen LogP contribution >= 0.6 is 23.4 Å². The van der Waals surface area contributed by atoms with Crippen LogP contribution in [-0.2, 0) is 0 Å². The second-order valence-electron chi connectivity index (χ2n) is 3.02. The molecule has 0 aromatic carbocycles. The Morgan fingerprint density at radius 2 is 2.40 bits per heavy atom. The molecule has 0 N–H and O–H groups in total. The van der Waals surface area contributed by atoms with Crippen molar-refractivity contribution in [2.24, 2.45) is 0 Å². The van der Waals surface area contributed by atoms with Crippen LogP contribution in [0.25, 0.3) is 0 Å². The van der Waals surface area contributed by atoms with Crippen LogP contribution < -0.4 is 4.90 Å². The lowest BCUT2D eigenvalue weighted by Crippen LogP contribution is -2.21. The second-order valence-corrected chi connectivity index (χ2v) is 4.39. The Morgan fingerprint density at radius 3 is 3.00 bits per heavy atom. The van der Waals surface area contributed by atoms with Crippen LogP contribution in [0.3, 0.4) is 0 Å². The fourth-order valence-electron chi connectivity index (χ4n) is 1.12. The van der Waals surface area contributed by atoms with Crippen LogP contribution in [0.1, 0.15) is 5.56 Å². The van der Waals surface area contributed by atoms with Gasteiger partial charge in [-0.3, -0.25) is 0 Å². The number of hydrogen-bond acceptors (Lipinski definition) is 4. The predicted octanol–water partition coefficient (Wildman–Crippen LogP) is 2.41. The van der Waals surface area contributed by atoms with Crippen molar-refractivity contribution in [1.29, 1.82) is 5.26 Å². The summed E-state index contributed by atoms with van der Waals surface area (Å²) >= 11 is 7.81. The van der Waals surface area contributed by atoms with Crippen molar-refractivity contribution in [2.45, 2.75) is 0 Å². The zero-order valence-corrected chi connectivity index (χ0v) is 10.3. The van der Waals surface area contributed by atoms with Gasteiger partial charge in [-0.25, -0.2) is 4.98 Å². The maximum absolute atomic E-state index is 8.82. The van der Waals surface area contributed by atoms with E-state index < -0.39 is 0 Å². The number of nitrogens with zero attached hydrogens (tertiary/aromatic N) is 3. The van der Waals surface area contributed by atoms with Gasteiger partial charge in [0.1, 0.15) is 16.9 Å². The van der Waals surface area contributed by atoms with Gasteiger partial charge < -0.3 is 4.90 Å². The standard InChI is InChI=1S/C10H12ClN3S/c1-14(5-6-15-2)10-9(11)8(7-12)3-4-13-10/h3-4H,5-6H2,1-2H3. The van der Waals surface area contributed by atoms with Crippen LogP contribution in [0, 0.1) is 11.3 Å². The van der Waals surface area contributed by atoms with E-state index in [1.54, 1.807) is 24.0 Å². The summed E-state index contributed by atoms with van der Waals surface area (Å²) in [6.45, 7) is 0.864. The summed E-state index contributed by atoms with van der Waals surface area (Å²) in [5.74, 6) is 1.68. The first kappa shape index (κ1) is 12.2. The summed E-state index contributed by atoms with van der Waals surface area (Å²) in [6.07, 6.45) is 3.66. The van der Waals surface area contributed by atoms with Gasteiger partial charge in [-0.15, -0.1) is 0 Å². The number of aromatic nitrogens is 1. The summed E-state index contributed by atoms with van der Waals surface area (Å²) in [5, 5.41) is 9.25. The minimum Gasteiger partial charge on any atom is -0.358 e. The molecule has 0 amide bonds. The van der Waals surface area contributed by atoms with Crippen molar-refractivity contribution in [1.82, 2.24) is 4.98 Å².